The molecule has 2 heterocycles. The molecule has 7 nitrogen and oxygen atoms in total. The zero-order valence-electron chi connectivity index (χ0n) is 19.9. The molecule has 192 valence electrons. The molecular formula is C26H24F4N6O. The Bertz CT molecular complexity index is 1440. The summed E-state index contributed by atoms with van der Waals surface area (Å²) in [6.07, 6.45) is -1.76. The highest BCUT2D eigenvalue weighted by molar-refractivity contribution is 5.96. The molecule has 2 aromatic carbocycles. The second-order valence-electron chi connectivity index (χ2n) is 9.02. The first-order valence-corrected chi connectivity index (χ1v) is 11.8. The number of nitrogens with one attached hydrogen (secondary N) is 3. The summed E-state index contributed by atoms with van der Waals surface area (Å²) >= 11 is 0. The summed E-state index contributed by atoms with van der Waals surface area (Å²) in [4.78, 5) is 16.9. The lowest BCUT2D eigenvalue weighted by molar-refractivity contribution is -0.131. The lowest BCUT2D eigenvalue weighted by Gasteiger charge is -2.13. The monoisotopic (exact) mass is 512 g/mol. The molecule has 37 heavy (non-hydrogen) atoms. The van der Waals surface area contributed by atoms with Crippen LogP contribution < -0.4 is 16.0 Å². The van der Waals surface area contributed by atoms with E-state index in [9.17, 15) is 22.4 Å². The van der Waals surface area contributed by atoms with E-state index in [4.69, 9.17) is 0 Å². The van der Waals surface area contributed by atoms with Crippen LogP contribution in [0.15, 0.2) is 54.7 Å². The maximum absolute atomic E-state index is 13.3. The van der Waals surface area contributed by atoms with E-state index in [0.29, 0.717) is 34.1 Å². The number of carbonyl (C=O) groups excluding carboxylic acids is 1. The number of hydrogen-bond acceptors (Lipinski definition) is 5. The second-order valence-corrected chi connectivity index (χ2v) is 9.02. The fourth-order valence-electron chi connectivity index (χ4n) is 3.95. The highest BCUT2D eigenvalue weighted by Gasteiger charge is 2.27. The molecule has 0 spiro atoms. The van der Waals surface area contributed by atoms with Crippen molar-refractivity contribution in [1.29, 1.82) is 0 Å². The normalized spacial score (nSPS) is 13.5. The molecule has 0 radical (unpaired) electrons. The van der Waals surface area contributed by atoms with E-state index in [1.54, 1.807) is 24.4 Å². The molecule has 1 saturated carbocycles. The third-order valence-electron chi connectivity index (χ3n) is 5.99. The first-order valence-electron chi connectivity index (χ1n) is 11.8. The van der Waals surface area contributed by atoms with E-state index in [1.165, 1.54) is 28.8 Å². The average Bonchev–Trinajstić information content (AvgIpc) is 3.54. The number of rotatable bonds is 8. The molecule has 3 N–H and O–H groups in total. The maximum Gasteiger partial charge on any atom is 0.390 e. The van der Waals surface area contributed by atoms with Crippen molar-refractivity contribution in [3.8, 4) is 11.3 Å². The van der Waals surface area contributed by atoms with E-state index in [1.807, 2.05) is 13.0 Å². The van der Waals surface area contributed by atoms with Crippen LogP contribution in [-0.2, 0) is 0 Å². The predicted molar refractivity (Wildman–Crippen MR) is 132 cm³/mol. The van der Waals surface area contributed by atoms with Gasteiger partial charge in [0.15, 0.2) is 11.5 Å². The van der Waals surface area contributed by atoms with Crippen LogP contribution >= 0.6 is 0 Å². The molecule has 0 saturated heterocycles. The standard InChI is InChI=1S/C26H24F4N6O/c1-15-12-16(2-9-20(15)25(37)34-19-7-8-19)22-14-32-24-21(31-11-10-26(28,29)30)13-23(35-36(22)24)33-18-5-3-17(27)4-6-18/h2-6,9,12-14,19,31H,7-8,10-11H2,1H3,(H,33,35)(H,34,37). The molecular weight excluding hydrogens is 488 g/mol. The van der Waals surface area contributed by atoms with E-state index in [0.717, 1.165) is 24.0 Å². The minimum Gasteiger partial charge on any atom is -0.382 e. The Morgan fingerprint density at radius 2 is 1.86 bits per heavy atom. The fraction of sp³-hybridized carbons (Fsp3) is 0.269. The number of benzene rings is 2. The van der Waals surface area contributed by atoms with Gasteiger partial charge in [0.25, 0.3) is 5.91 Å². The smallest absolute Gasteiger partial charge is 0.382 e. The van der Waals surface area contributed by atoms with Crippen molar-refractivity contribution < 1.29 is 22.4 Å². The van der Waals surface area contributed by atoms with E-state index in [-0.39, 0.29) is 18.5 Å². The summed E-state index contributed by atoms with van der Waals surface area (Å²) in [5.74, 6) is -0.195. The Labute approximate surface area is 209 Å². The molecule has 1 fully saturated rings. The van der Waals surface area contributed by atoms with E-state index < -0.39 is 18.4 Å². The van der Waals surface area contributed by atoms with Gasteiger partial charge in [0.05, 0.1) is 24.0 Å². The van der Waals surface area contributed by atoms with Crippen molar-refractivity contribution in [2.75, 3.05) is 17.2 Å². The van der Waals surface area contributed by atoms with Gasteiger partial charge < -0.3 is 16.0 Å². The van der Waals surface area contributed by atoms with Gasteiger partial charge in [0, 0.05) is 35.5 Å². The summed E-state index contributed by atoms with van der Waals surface area (Å²) in [6.45, 7) is 1.50. The Morgan fingerprint density at radius 3 is 2.54 bits per heavy atom. The Hall–Kier alpha value is -4.15. The highest BCUT2D eigenvalue weighted by Crippen LogP contribution is 2.29. The number of nitrogens with zero attached hydrogens (tertiary/aromatic N) is 3. The highest BCUT2D eigenvalue weighted by atomic mass is 19.4. The van der Waals surface area contributed by atoms with E-state index >= 15 is 0 Å². The SMILES string of the molecule is Cc1cc(-c2cnc3c(NCCC(F)(F)F)cc(Nc4ccc(F)cc4)nn23)ccc1C(=O)NC1CC1. The fourth-order valence-corrected chi connectivity index (χ4v) is 3.95. The number of hydrogen-bond donors (Lipinski definition) is 3. The molecule has 4 aromatic rings. The van der Waals surface area contributed by atoms with Crippen LogP contribution in [0.25, 0.3) is 16.9 Å². The number of aromatic nitrogens is 3. The third-order valence-corrected chi connectivity index (χ3v) is 5.99. The number of aryl methyl sites for hydroxylation is 1. The molecule has 1 amide bonds. The number of anilines is 3. The molecule has 1 aliphatic carbocycles. The summed E-state index contributed by atoms with van der Waals surface area (Å²) in [7, 11) is 0. The molecule has 0 atom stereocenters. The lowest BCUT2D eigenvalue weighted by atomic mass is 10.0. The predicted octanol–water partition coefficient (Wildman–Crippen LogP) is 5.84. The minimum absolute atomic E-state index is 0.121. The van der Waals surface area contributed by atoms with Crippen LogP contribution in [-0.4, -0.2) is 39.3 Å². The Kier molecular flexibility index (Phi) is 6.45. The number of imidazole rings is 1. The van der Waals surface area contributed by atoms with Gasteiger partial charge >= 0.3 is 6.18 Å². The zero-order chi connectivity index (χ0) is 26.2. The van der Waals surface area contributed by atoms with Crippen LogP contribution in [0.2, 0.25) is 0 Å². The molecule has 1 aliphatic rings. The van der Waals surface area contributed by atoms with Crippen LogP contribution in [0.4, 0.5) is 34.8 Å². The van der Waals surface area contributed by atoms with Crippen molar-refractivity contribution in [2.24, 2.45) is 0 Å². The molecule has 2 aromatic heterocycles. The van der Waals surface area contributed by atoms with Crippen LogP contribution in [0.1, 0.15) is 35.2 Å². The van der Waals surface area contributed by atoms with Crippen molar-refractivity contribution in [1.82, 2.24) is 19.9 Å². The van der Waals surface area contributed by atoms with Gasteiger partial charge in [-0.3, -0.25) is 4.79 Å². The lowest BCUT2D eigenvalue weighted by Crippen LogP contribution is -2.26. The first-order chi connectivity index (χ1) is 17.7. The molecule has 5 rings (SSSR count). The summed E-state index contributed by atoms with van der Waals surface area (Å²) < 4.78 is 53.1. The minimum atomic E-state index is -4.31. The zero-order valence-corrected chi connectivity index (χ0v) is 19.9. The van der Waals surface area contributed by atoms with Gasteiger partial charge in [-0.05, 0) is 61.7 Å². The van der Waals surface area contributed by atoms with Crippen molar-refractivity contribution >= 4 is 28.7 Å². The van der Waals surface area contributed by atoms with Crippen molar-refractivity contribution in [3.05, 3.63) is 71.7 Å². The third kappa shape index (κ3) is 5.82. The van der Waals surface area contributed by atoms with Crippen LogP contribution in [0.3, 0.4) is 0 Å². The average molecular weight is 513 g/mol. The van der Waals surface area contributed by atoms with Gasteiger partial charge in [-0.25, -0.2) is 13.9 Å². The Balaban J connectivity index is 1.50. The molecule has 11 heteroatoms. The summed E-state index contributed by atoms with van der Waals surface area (Å²) in [5, 5.41) is 13.4. The van der Waals surface area contributed by atoms with Crippen LogP contribution in [0.5, 0.6) is 0 Å². The molecule has 0 unspecified atom stereocenters. The number of alkyl halides is 3. The largest absolute Gasteiger partial charge is 0.390 e. The van der Waals surface area contributed by atoms with Crippen molar-refractivity contribution in [2.45, 2.75) is 38.4 Å². The van der Waals surface area contributed by atoms with Gasteiger partial charge in [0.2, 0.25) is 0 Å². The number of halogens is 4. The quantitative estimate of drug-likeness (QED) is 0.258. The number of carbonyl (C=O) groups is 1. The number of fused-ring (bicyclic) bond motifs is 1. The van der Waals surface area contributed by atoms with Gasteiger partial charge in [-0.2, -0.15) is 13.2 Å². The summed E-state index contributed by atoms with van der Waals surface area (Å²) in [5.41, 5.74) is 3.93. The van der Waals surface area contributed by atoms with Crippen LogP contribution in [0, 0.1) is 12.7 Å². The van der Waals surface area contributed by atoms with Gasteiger partial charge in [-0.15, -0.1) is 5.10 Å². The first kappa shape index (κ1) is 24.5. The topological polar surface area (TPSA) is 83.3 Å². The van der Waals surface area contributed by atoms with E-state index in [2.05, 4.69) is 26.0 Å². The second kappa shape index (κ2) is 9.72. The Morgan fingerprint density at radius 1 is 1.11 bits per heavy atom. The number of amides is 1. The van der Waals surface area contributed by atoms with Gasteiger partial charge in [0.1, 0.15) is 5.82 Å². The van der Waals surface area contributed by atoms with Gasteiger partial charge in [-0.1, -0.05) is 6.07 Å². The molecule has 0 aliphatic heterocycles. The summed E-state index contributed by atoms with van der Waals surface area (Å²) in [6, 6.07) is 12.8. The molecule has 0 bridgehead atoms. The van der Waals surface area contributed by atoms with Crippen molar-refractivity contribution in [3.63, 3.8) is 0 Å². The maximum atomic E-state index is 13.3.